The smallest absolute Gasteiger partial charge is 0.220 e. The first kappa shape index (κ1) is 9.47. The van der Waals surface area contributed by atoms with Gasteiger partial charge in [0.05, 0.1) is 0 Å². The van der Waals surface area contributed by atoms with Crippen LogP contribution in [0.1, 0.15) is 33.6 Å². The number of carbonyl (C=O) groups excluding carboxylic acids is 1. The maximum Gasteiger partial charge on any atom is 0.220 e. The number of amides is 1. The molecule has 0 aliphatic carbocycles. The maximum absolute atomic E-state index is 10.8. The molecule has 2 N–H and O–H groups in total. The lowest BCUT2D eigenvalue weighted by Gasteiger charge is -2.16. The second kappa shape index (κ2) is 4.31. The Kier molecular flexibility index (Phi) is 4.08. The fourth-order valence-corrected chi connectivity index (χ4v) is 1.17. The van der Waals surface area contributed by atoms with Crippen molar-refractivity contribution < 1.29 is 4.79 Å². The number of hydrogen-bond acceptors (Lipinski definition) is 1. The van der Waals surface area contributed by atoms with E-state index in [9.17, 15) is 4.79 Å². The van der Waals surface area contributed by atoms with E-state index < -0.39 is 0 Å². The summed E-state index contributed by atoms with van der Waals surface area (Å²) in [5.41, 5.74) is 5.18. The van der Waals surface area contributed by atoms with Crippen molar-refractivity contribution in [2.75, 3.05) is 0 Å². The highest BCUT2D eigenvalue weighted by atomic mass is 16.1. The molecule has 2 atom stereocenters. The summed E-state index contributed by atoms with van der Waals surface area (Å²) in [6, 6.07) is 0. The van der Waals surface area contributed by atoms with E-state index in [1.165, 1.54) is 0 Å². The summed E-state index contributed by atoms with van der Waals surface area (Å²) >= 11 is 0. The van der Waals surface area contributed by atoms with E-state index in [0.29, 0.717) is 5.92 Å². The molecule has 1 amide bonds. The predicted molar refractivity (Wildman–Crippen MR) is 42.4 cm³/mol. The van der Waals surface area contributed by atoms with E-state index in [-0.39, 0.29) is 11.8 Å². The van der Waals surface area contributed by atoms with Gasteiger partial charge in [-0.25, -0.2) is 0 Å². The molecule has 0 spiro atoms. The van der Waals surface area contributed by atoms with Crippen LogP contribution in [0.15, 0.2) is 0 Å². The summed E-state index contributed by atoms with van der Waals surface area (Å²) in [7, 11) is 0. The molecule has 0 saturated carbocycles. The largest absolute Gasteiger partial charge is 0.369 e. The molecule has 2 nitrogen and oxygen atoms in total. The first-order valence-corrected chi connectivity index (χ1v) is 3.92. The number of rotatable bonds is 4. The van der Waals surface area contributed by atoms with Gasteiger partial charge in [-0.2, -0.15) is 0 Å². The number of primary amides is 1. The zero-order chi connectivity index (χ0) is 8.15. The fourth-order valence-electron chi connectivity index (χ4n) is 1.17. The Bertz CT molecular complexity index is 112. The summed E-state index contributed by atoms with van der Waals surface area (Å²) < 4.78 is 0. The van der Waals surface area contributed by atoms with Crippen LogP contribution in [0.3, 0.4) is 0 Å². The lowest BCUT2D eigenvalue weighted by molar-refractivity contribution is -0.123. The molecule has 0 aromatic carbocycles. The number of nitrogens with two attached hydrogens (primary N) is 1. The molecule has 0 saturated heterocycles. The molecule has 0 aromatic rings. The van der Waals surface area contributed by atoms with Gasteiger partial charge in [-0.1, -0.05) is 27.2 Å². The van der Waals surface area contributed by atoms with Crippen LogP contribution >= 0.6 is 0 Å². The quantitative estimate of drug-likeness (QED) is 0.637. The van der Waals surface area contributed by atoms with Gasteiger partial charge in [-0.3, -0.25) is 4.79 Å². The van der Waals surface area contributed by atoms with Crippen molar-refractivity contribution in [3.63, 3.8) is 0 Å². The molecule has 10 heavy (non-hydrogen) atoms. The van der Waals surface area contributed by atoms with Gasteiger partial charge in [0.25, 0.3) is 0 Å². The lowest BCUT2D eigenvalue weighted by Crippen LogP contribution is -2.27. The monoisotopic (exact) mass is 143 g/mol. The van der Waals surface area contributed by atoms with Crippen molar-refractivity contribution in [3.05, 3.63) is 0 Å². The van der Waals surface area contributed by atoms with Crippen LogP contribution in [-0.4, -0.2) is 5.91 Å². The van der Waals surface area contributed by atoms with Crippen LogP contribution in [0.5, 0.6) is 0 Å². The van der Waals surface area contributed by atoms with Crippen molar-refractivity contribution in [1.29, 1.82) is 0 Å². The Morgan fingerprint density at radius 2 is 1.90 bits per heavy atom. The molecule has 0 heterocycles. The van der Waals surface area contributed by atoms with Crippen LogP contribution in [0.25, 0.3) is 0 Å². The zero-order valence-corrected chi connectivity index (χ0v) is 7.05. The normalized spacial score (nSPS) is 16.3. The molecule has 0 fully saturated rings. The van der Waals surface area contributed by atoms with Crippen LogP contribution in [0.2, 0.25) is 0 Å². The Balaban J connectivity index is 3.92. The van der Waals surface area contributed by atoms with Gasteiger partial charge >= 0.3 is 0 Å². The topological polar surface area (TPSA) is 43.1 Å². The summed E-state index contributed by atoms with van der Waals surface area (Å²) in [5, 5.41) is 0. The molecule has 2 heteroatoms. The molecular weight excluding hydrogens is 126 g/mol. The average Bonchev–Trinajstić information content (AvgIpc) is 1.88. The maximum atomic E-state index is 10.8. The fraction of sp³-hybridized carbons (Fsp3) is 0.875. The minimum Gasteiger partial charge on any atom is -0.369 e. The van der Waals surface area contributed by atoms with Gasteiger partial charge in [-0.05, 0) is 12.3 Å². The van der Waals surface area contributed by atoms with Gasteiger partial charge in [0.15, 0.2) is 0 Å². The van der Waals surface area contributed by atoms with E-state index in [0.717, 1.165) is 12.8 Å². The number of hydrogen-bond donors (Lipinski definition) is 1. The highest BCUT2D eigenvalue weighted by Crippen LogP contribution is 2.17. The second-order valence-electron chi connectivity index (χ2n) is 2.80. The first-order valence-electron chi connectivity index (χ1n) is 3.92. The highest BCUT2D eigenvalue weighted by Gasteiger charge is 2.18. The van der Waals surface area contributed by atoms with E-state index in [1.54, 1.807) is 0 Å². The standard InChI is InChI=1S/C8H17NO/c1-4-6(3)7(5-2)8(9)10/h6-7H,4-5H2,1-3H3,(H2,9,10)/t6-,7-/m0/s1. The Morgan fingerprint density at radius 3 is 2.00 bits per heavy atom. The van der Waals surface area contributed by atoms with Crippen LogP contribution in [0.4, 0.5) is 0 Å². The second-order valence-corrected chi connectivity index (χ2v) is 2.80. The molecular formula is C8H17NO. The zero-order valence-electron chi connectivity index (χ0n) is 7.05. The molecule has 60 valence electrons. The Hall–Kier alpha value is -0.530. The number of carbonyl (C=O) groups is 1. The Morgan fingerprint density at radius 1 is 1.40 bits per heavy atom. The Labute approximate surface area is 62.8 Å². The van der Waals surface area contributed by atoms with E-state index >= 15 is 0 Å². The van der Waals surface area contributed by atoms with Gasteiger partial charge in [0.2, 0.25) is 5.91 Å². The van der Waals surface area contributed by atoms with Gasteiger partial charge in [0.1, 0.15) is 0 Å². The highest BCUT2D eigenvalue weighted by molar-refractivity contribution is 5.76. The first-order chi connectivity index (χ1) is 4.63. The summed E-state index contributed by atoms with van der Waals surface area (Å²) in [5.74, 6) is 0.351. The van der Waals surface area contributed by atoms with E-state index in [1.807, 2.05) is 6.92 Å². The molecule has 0 aromatic heterocycles. The molecule has 0 radical (unpaired) electrons. The molecule has 0 bridgehead atoms. The van der Waals surface area contributed by atoms with Crippen molar-refractivity contribution in [2.45, 2.75) is 33.6 Å². The van der Waals surface area contributed by atoms with Gasteiger partial charge in [-0.15, -0.1) is 0 Å². The third kappa shape index (κ3) is 2.38. The predicted octanol–water partition coefficient (Wildman–Crippen LogP) is 1.54. The molecule has 0 rings (SSSR count). The van der Waals surface area contributed by atoms with Crippen LogP contribution in [0, 0.1) is 11.8 Å². The van der Waals surface area contributed by atoms with Gasteiger partial charge < -0.3 is 5.73 Å². The lowest BCUT2D eigenvalue weighted by atomic mass is 9.89. The molecule has 0 aliphatic heterocycles. The minimum absolute atomic E-state index is 0.0741. The summed E-state index contributed by atoms with van der Waals surface area (Å²) in [6.07, 6.45) is 1.89. The summed E-state index contributed by atoms with van der Waals surface area (Å²) in [4.78, 5) is 10.8. The minimum atomic E-state index is -0.156. The van der Waals surface area contributed by atoms with Crippen LogP contribution < -0.4 is 5.73 Å². The SMILES string of the molecule is CC[C@H](C(N)=O)[C@@H](C)CC. The molecule has 0 unspecified atom stereocenters. The van der Waals surface area contributed by atoms with Crippen molar-refractivity contribution in [3.8, 4) is 0 Å². The van der Waals surface area contributed by atoms with Crippen molar-refractivity contribution in [2.24, 2.45) is 17.6 Å². The van der Waals surface area contributed by atoms with Crippen molar-refractivity contribution in [1.82, 2.24) is 0 Å². The molecule has 0 aliphatic rings. The van der Waals surface area contributed by atoms with Crippen LogP contribution in [-0.2, 0) is 4.79 Å². The third-order valence-electron chi connectivity index (χ3n) is 2.14. The van der Waals surface area contributed by atoms with Crippen molar-refractivity contribution >= 4 is 5.91 Å². The average molecular weight is 143 g/mol. The van der Waals surface area contributed by atoms with Gasteiger partial charge in [0, 0.05) is 5.92 Å². The van der Waals surface area contributed by atoms with E-state index in [2.05, 4.69) is 13.8 Å². The third-order valence-corrected chi connectivity index (χ3v) is 2.14. The van der Waals surface area contributed by atoms with E-state index in [4.69, 9.17) is 5.73 Å². The summed E-state index contributed by atoms with van der Waals surface area (Å²) in [6.45, 7) is 6.15.